The van der Waals surface area contributed by atoms with Crippen molar-refractivity contribution >= 4 is 11.9 Å². The highest BCUT2D eigenvalue weighted by Gasteiger charge is 2.00. The van der Waals surface area contributed by atoms with Gasteiger partial charge in [-0.1, -0.05) is 37.8 Å². The van der Waals surface area contributed by atoms with Crippen molar-refractivity contribution in [2.24, 2.45) is 0 Å². The minimum absolute atomic E-state index is 0.0670. The molecule has 0 heterocycles. The third-order valence-corrected chi connectivity index (χ3v) is 3.78. The van der Waals surface area contributed by atoms with Gasteiger partial charge in [0.05, 0.1) is 13.2 Å². The zero-order chi connectivity index (χ0) is 17.9. The van der Waals surface area contributed by atoms with E-state index >= 15 is 0 Å². The zero-order valence-corrected chi connectivity index (χ0v) is 15.7. The van der Waals surface area contributed by atoms with Gasteiger partial charge in [-0.15, -0.1) is 0 Å². The molecule has 0 rings (SSSR count). The van der Waals surface area contributed by atoms with Gasteiger partial charge in [0, 0.05) is 12.8 Å². The number of hydrogen-bond acceptors (Lipinski definition) is 4. The van der Waals surface area contributed by atoms with Gasteiger partial charge in [0.25, 0.3) is 0 Å². The maximum absolute atomic E-state index is 11.2. The smallest absolute Gasteiger partial charge is 0.305 e. The standard InChI is InChI=1S/C20H36O4/c1-3-23-19(21)17-15-13-11-9-7-5-6-8-10-12-14-16-18-20(22)24-4-2/h5,7H,3-4,6,8-18H2,1-2H3/b7-5+. The molecule has 0 aliphatic rings. The first kappa shape index (κ1) is 22.7. The predicted molar refractivity (Wildman–Crippen MR) is 97.8 cm³/mol. The number of carbonyl (C=O) groups is 2. The monoisotopic (exact) mass is 340 g/mol. The van der Waals surface area contributed by atoms with Crippen molar-refractivity contribution in [3.05, 3.63) is 12.2 Å². The van der Waals surface area contributed by atoms with Crippen molar-refractivity contribution in [1.29, 1.82) is 0 Å². The second kappa shape index (κ2) is 18.0. The van der Waals surface area contributed by atoms with Gasteiger partial charge in [-0.3, -0.25) is 9.59 Å². The number of hydrogen-bond donors (Lipinski definition) is 0. The van der Waals surface area contributed by atoms with Crippen LogP contribution in [0.2, 0.25) is 0 Å². The largest absolute Gasteiger partial charge is 0.466 e. The van der Waals surface area contributed by atoms with E-state index in [9.17, 15) is 9.59 Å². The van der Waals surface area contributed by atoms with Gasteiger partial charge in [-0.05, 0) is 52.4 Å². The third kappa shape index (κ3) is 17.0. The number of carbonyl (C=O) groups excluding carboxylic acids is 2. The number of rotatable bonds is 16. The average molecular weight is 341 g/mol. The van der Waals surface area contributed by atoms with Crippen LogP contribution in [0.25, 0.3) is 0 Å². The normalized spacial score (nSPS) is 10.9. The van der Waals surface area contributed by atoms with Crippen molar-refractivity contribution in [3.8, 4) is 0 Å². The lowest BCUT2D eigenvalue weighted by atomic mass is 10.1. The average Bonchev–Trinajstić information content (AvgIpc) is 2.55. The molecule has 0 radical (unpaired) electrons. The van der Waals surface area contributed by atoms with Crippen LogP contribution in [0.4, 0.5) is 0 Å². The van der Waals surface area contributed by atoms with Gasteiger partial charge in [0.2, 0.25) is 0 Å². The zero-order valence-electron chi connectivity index (χ0n) is 15.7. The highest BCUT2D eigenvalue weighted by atomic mass is 16.5. The Kier molecular flexibility index (Phi) is 17.0. The molecular weight excluding hydrogens is 304 g/mol. The second-order valence-electron chi connectivity index (χ2n) is 5.99. The molecule has 4 heteroatoms. The van der Waals surface area contributed by atoms with Gasteiger partial charge in [0.1, 0.15) is 0 Å². The lowest BCUT2D eigenvalue weighted by Crippen LogP contribution is -2.03. The maximum atomic E-state index is 11.2. The van der Waals surface area contributed by atoms with Crippen molar-refractivity contribution in [2.45, 2.75) is 90.9 Å². The quantitative estimate of drug-likeness (QED) is 0.216. The Bertz CT molecular complexity index is 337. The van der Waals surface area contributed by atoms with Crippen LogP contribution in [0.5, 0.6) is 0 Å². The van der Waals surface area contributed by atoms with Crippen LogP contribution >= 0.6 is 0 Å². The highest BCUT2D eigenvalue weighted by Crippen LogP contribution is 2.09. The molecular formula is C20H36O4. The number of ether oxygens (including phenoxy) is 2. The fourth-order valence-electron chi connectivity index (χ4n) is 2.47. The molecule has 0 saturated carbocycles. The first-order chi connectivity index (χ1) is 11.7. The molecule has 0 unspecified atom stereocenters. The number of allylic oxidation sites excluding steroid dienone is 2. The molecule has 24 heavy (non-hydrogen) atoms. The molecule has 0 atom stereocenters. The Morgan fingerprint density at radius 3 is 1.46 bits per heavy atom. The molecule has 140 valence electrons. The highest BCUT2D eigenvalue weighted by molar-refractivity contribution is 5.69. The summed E-state index contributed by atoms with van der Waals surface area (Å²) in [5.41, 5.74) is 0. The SMILES string of the molecule is CCOC(=O)CCCCC/C=C/CCCCCCCC(=O)OCC. The fraction of sp³-hybridized carbons (Fsp3) is 0.800. The summed E-state index contributed by atoms with van der Waals surface area (Å²) in [6, 6.07) is 0. The Balaban J connectivity index is 3.21. The summed E-state index contributed by atoms with van der Waals surface area (Å²) in [5.74, 6) is -0.141. The fourth-order valence-corrected chi connectivity index (χ4v) is 2.47. The third-order valence-electron chi connectivity index (χ3n) is 3.78. The van der Waals surface area contributed by atoms with Crippen LogP contribution in [-0.2, 0) is 19.1 Å². The Labute approximate surface area is 148 Å². The van der Waals surface area contributed by atoms with Crippen LogP contribution in [0.3, 0.4) is 0 Å². The van der Waals surface area contributed by atoms with Gasteiger partial charge >= 0.3 is 11.9 Å². The predicted octanol–water partition coefficient (Wildman–Crippen LogP) is 5.35. The van der Waals surface area contributed by atoms with Crippen molar-refractivity contribution in [2.75, 3.05) is 13.2 Å². The summed E-state index contributed by atoms with van der Waals surface area (Å²) in [5, 5.41) is 0. The molecule has 0 aliphatic carbocycles. The van der Waals surface area contributed by atoms with Crippen molar-refractivity contribution < 1.29 is 19.1 Å². The van der Waals surface area contributed by atoms with E-state index in [2.05, 4.69) is 12.2 Å². The minimum Gasteiger partial charge on any atom is -0.466 e. The molecule has 0 bridgehead atoms. The van der Waals surface area contributed by atoms with E-state index in [-0.39, 0.29) is 11.9 Å². The van der Waals surface area contributed by atoms with Crippen LogP contribution < -0.4 is 0 Å². The van der Waals surface area contributed by atoms with E-state index in [0.717, 1.165) is 44.9 Å². The van der Waals surface area contributed by atoms with E-state index in [1.165, 1.54) is 19.3 Å². The van der Waals surface area contributed by atoms with Crippen molar-refractivity contribution in [1.82, 2.24) is 0 Å². The molecule has 0 spiro atoms. The van der Waals surface area contributed by atoms with Crippen molar-refractivity contribution in [3.63, 3.8) is 0 Å². The number of esters is 2. The Morgan fingerprint density at radius 1 is 0.625 bits per heavy atom. The molecule has 0 aromatic carbocycles. The first-order valence-electron chi connectivity index (χ1n) is 9.66. The van der Waals surface area contributed by atoms with E-state index in [1.807, 2.05) is 13.8 Å². The lowest BCUT2D eigenvalue weighted by molar-refractivity contribution is -0.144. The molecule has 0 aliphatic heterocycles. The van der Waals surface area contributed by atoms with Gasteiger partial charge in [-0.25, -0.2) is 0 Å². The van der Waals surface area contributed by atoms with Crippen LogP contribution in [0.1, 0.15) is 90.9 Å². The first-order valence-corrected chi connectivity index (χ1v) is 9.66. The molecule has 0 amide bonds. The molecule has 0 aromatic heterocycles. The van der Waals surface area contributed by atoms with Gasteiger partial charge in [-0.2, -0.15) is 0 Å². The summed E-state index contributed by atoms with van der Waals surface area (Å²) in [4.78, 5) is 22.3. The molecule has 0 fully saturated rings. The maximum Gasteiger partial charge on any atom is 0.305 e. The van der Waals surface area contributed by atoms with E-state index in [1.54, 1.807) is 0 Å². The van der Waals surface area contributed by atoms with E-state index in [0.29, 0.717) is 26.1 Å². The van der Waals surface area contributed by atoms with E-state index in [4.69, 9.17) is 9.47 Å². The Morgan fingerprint density at radius 2 is 1.00 bits per heavy atom. The molecule has 0 N–H and O–H groups in total. The van der Waals surface area contributed by atoms with Crippen LogP contribution in [0.15, 0.2) is 12.2 Å². The van der Waals surface area contributed by atoms with Gasteiger partial charge < -0.3 is 9.47 Å². The summed E-state index contributed by atoms with van der Waals surface area (Å²) >= 11 is 0. The molecule has 0 saturated heterocycles. The summed E-state index contributed by atoms with van der Waals surface area (Å²) < 4.78 is 9.80. The lowest BCUT2D eigenvalue weighted by Gasteiger charge is -2.02. The topological polar surface area (TPSA) is 52.6 Å². The number of unbranched alkanes of at least 4 members (excludes halogenated alkanes) is 8. The van der Waals surface area contributed by atoms with Crippen LogP contribution in [0, 0.1) is 0 Å². The van der Waals surface area contributed by atoms with Gasteiger partial charge in [0.15, 0.2) is 0 Å². The van der Waals surface area contributed by atoms with Crippen LogP contribution in [-0.4, -0.2) is 25.2 Å². The minimum atomic E-state index is -0.0738. The summed E-state index contributed by atoms with van der Waals surface area (Å²) in [6.45, 7) is 4.64. The summed E-state index contributed by atoms with van der Waals surface area (Å²) in [7, 11) is 0. The second-order valence-corrected chi connectivity index (χ2v) is 5.99. The Hall–Kier alpha value is -1.32. The molecule has 4 nitrogen and oxygen atoms in total. The molecule has 0 aromatic rings. The van der Waals surface area contributed by atoms with E-state index < -0.39 is 0 Å². The summed E-state index contributed by atoms with van der Waals surface area (Å²) in [6.07, 6.45) is 16.7.